The van der Waals surface area contributed by atoms with E-state index >= 15 is 0 Å². The van der Waals surface area contributed by atoms with E-state index in [1.807, 2.05) is 0 Å². The molecule has 0 saturated heterocycles. The Bertz CT molecular complexity index is 1660. The maximum absolute atomic E-state index is 3.43. The van der Waals surface area contributed by atoms with Crippen LogP contribution in [0.1, 0.15) is 30.7 Å². The summed E-state index contributed by atoms with van der Waals surface area (Å²) >= 11 is -3.43. The molecule has 2 unspecified atom stereocenters. The first-order valence-corrected chi connectivity index (χ1v) is 30.2. The van der Waals surface area contributed by atoms with Crippen LogP contribution in [-0.2, 0) is 14.0 Å². The van der Waals surface area contributed by atoms with Crippen LogP contribution in [0.15, 0.2) is 83.2 Å². The van der Waals surface area contributed by atoms with E-state index < -0.39 is 30.2 Å². The van der Waals surface area contributed by atoms with E-state index in [1.54, 1.807) is 21.5 Å². The van der Waals surface area contributed by atoms with Gasteiger partial charge in [-0.2, -0.15) is 0 Å². The van der Waals surface area contributed by atoms with Gasteiger partial charge in [0.2, 0.25) is 0 Å². The minimum absolute atomic E-state index is 0. The van der Waals surface area contributed by atoms with E-state index in [1.165, 1.54) is 32.7 Å². The average Bonchev–Trinajstić information content (AvgIpc) is 3.45. The Morgan fingerprint density at radius 3 is 1.25 bits per heavy atom. The summed E-state index contributed by atoms with van der Waals surface area (Å²) in [6.07, 6.45) is 5.30. The van der Waals surface area contributed by atoms with Gasteiger partial charge in [0.1, 0.15) is 0 Å². The van der Waals surface area contributed by atoms with Gasteiger partial charge in [-0.1, -0.05) is 0 Å². The first-order chi connectivity index (χ1) is 17.7. The molecule has 210 valence electrons. The molecule has 0 fully saturated rings. The van der Waals surface area contributed by atoms with Gasteiger partial charge in [-0.3, -0.25) is 0 Å². The smallest absolute Gasteiger partial charge is 0.147 e. The third-order valence-electron chi connectivity index (χ3n) is 9.46. The van der Waals surface area contributed by atoms with E-state index in [9.17, 15) is 0 Å². The van der Waals surface area contributed by atoms with Crippen molar-refractivity contribution in [1.82, 2.24) is 0 Å². The Kier molecular flexibility index (Phi) is 8.12. The van der Waals surface area contributed by atoms with Crippen LogP contribution in [0, 0.1) is 0 Å². The predicted octanol–water partition coefficient (Wildman–Crippen LogP) is 10.5. The van der Waals surface area contributed by atoms with Crippen molar-refractivity contribution in [2.45, 2.75) is 58.2 Å². The molecule has 2 atom stereocenters. The molecule has 2 aliphatic carbocycles. The Morgan fingerprint density at radius 1 is 0.550 bits per heavy atom. The van der Waals surface area contributed by atoms with Gasteiger partial charge in [0.05, 0.1) is 0 Å². The summed E-state index contributed by atoms with van der Waals surface area (Å²) in [5.41, 5.74) is 6.29. The third-order valence-corrected chi connectivity index (χ3v) is 25.9. The van der Waals surface area contributed by atoms with Crippen molar-refractivity contribution in [3.05, 3.63) is 105 Å². The summed E-state index contributed by atoms with van der Waals surface area (Å²) in [4.78, 5) is 0. The van der Waals surface area contributed by atoms with Crippen LogP contribution in [0.25, 0.3) is 33.7 Å². The molecule has 0 aliphatic heterocycles. The molecule has 0 heterocycles. The molecule has 4 aromatic rings. The number of allylic oxidation sites excluding steroid dienone is 2. The maximum Gasteiger partial charge on any atom is -0.147 e. The Balaban J connectivity index is 0.00000185. The van der Waals surface area contributed by atoms with Crippen molar-refractivity contribution >= 4 is 82.3 Å². The molecule has 0 amide bonds. The van der Waals surface area contributed by atoms with Crippen molar-refractivity contribution < 1.29 is 14.0 Å². The molecule has 0 radical (unpaired) electrons. The minimum atomic E-state index is -3.43. The molecule has 0 aromatic heterocycles. The van der Waals surface area contributed by atoms with Crippen molar-refractivity contribution in [3.63, 3.8) is 0 Å². The fraction of sp³-hybridized carbons (Fsp3) is 0.294. The summed E-state index contributed by atoms with van der Waals surface area (Å²) < 4.78 is 1.13. The summed E-state index contributed by atoms with van der Waals surface area (Å²) in [5.74, 6) is 0. The monoisotopic (exact) mass is 654 g/mol. The quantitative estimate of drug-likeness (QED) is 0.192. The summed E-state index contributed by atoms with van der Waals surface area (Å²) in [5, 5.41) is 15.0. The van der Waals surface area contributed by atoms with E-state index in [0.29, 0.717) is 8.45 Å². The standard InChI is InChI=1S/2C16H17Si.2CH3.2ClH.H2Si.Ti/c2*1-17(2,3)14-10-13-9-8-12-6-4-5-7-15(12)16(13)11-14;;;;;;/h2*4-11H,1-3H3;2*1H3;2*1H;1H2;. The van der Waals surface area contributed by atoms with Crippen LogP contribution in [0.5, 0.6) is 0 Å². The molecular formula is C34H44Cl2Si3Ti. The first kappa shape index (κ1) is 31.8. The van der Waals surface area contributed by atoms with Gasteiger partial charge in [0.15, 0.2) is 0 Å². The molecule has 0 bridgehead atoms. The van der Waals surface area contributed by atoms with Crippen LogP contribution < -0.4 is 0 Å². The van der Waals surface area contributed by atoms with Crippen LogP contribution in [0.4, 0.5) is 0 Å². The molecule has 0 nitrogen and oxygen atoms in total. The molecule has 4 aromatic carbocycles. The second kappa shape index (κ2) is 10.2. The fourth-order valence-corrected chi connectivity index (χ4v) is 32.1. The number of hydrogen-bond donors (Lipinski definition) is 0. The van der Waals surface area contributed by atoms with Gasteiger partial charge in [-0.25, -0.2) is 0 Å². The molecule has 0 spiro atoms. The van der Waals surface area contributed by atoms with Gasteiger partial charge in [-0.15, -0.1) is 24.8 Å². The average molecular weight is 656 g/mol. The Morgan fingerprint density at radius 2 is 0.900 bits per heavy atom. The fourth-order valence-electron chi connectivity index (χ4n) is 7.77. The van der Waals surface area contributed by atoms with E-state index in [2.05, 4.69) is 142 Å². The number of hydrogen-bond acceptors (Lipinski definition) is 0. The van der Waals surface area contributed by atoms with Crippen LogP contribution >= 0.6 is 24.8 Å². The van der Waals surface area contributed by atoms with Crippen molar-refractivity contribution in [1.29, 1.82) is 0 Å². The predicted molar refractivity (Wildman–Crippen MR) is 191 cm³/mol. The van der Waals surface area contributed by atoms with Crippen molar-refractivity contribution in [2.24, 2.45) is 0 Å². The zero-order valence-electron chi connectivity index (χ0n) is 25.3. The topological polar surface area (TPSA) is 0 Å². The summed E-state index contributed by atoms with van der Waals surface area (Å²) in [6.45, 7) is 15.5. The SMILES string of the molecule is C[Si](C)(C)C1=Cc2ccc3ccccc3c2[CH]1[Ti]([CH3])([CH3])(=[SiH2])[CH]1C([Si](C)(C)C)=Cc2ccc3ccccc3c21.Cl.Cl. The molecular weight excluding hydrogens is 611 g/mol. The number of halogens is 2. The van der Waals surface area contributed by atoms with Crippen molar-refractivity contribution in [3.8, 4) is 0 Å². The second-order valence-electron chi connectivity index (χ2n) is 15.1. The molecule has 40 heavy (non-hydrogen) atoms. The Labute approximate surface area is 258 Å². The van der Waals surface area contributed by atoms with Gasteiger partial charge in [0, 0.05) is 0 Å². The van der Waals surface area contributed by atoms with Crippen LogP contribution in [0.3, 0.4) is 0 Å². The van der Waals surface area contributed by atoms with E-state index in [0.717, 1.165) is 0 Å². The number of rotatable bonds is 4. The van der Waals surface area contributed by atoms with Crippen molar-refractivity contribution in [2.75, 3.05) is 0 Å². The second-order valence-corrected chi connectivity index (χ2v) is 45.4. The molecule has 0 N–H and O–H groups in total. The van der Waals surface area contributed by atoms with Gasteiger partial charge >= 0.3 is 235 Å². The van der Waals surface area contributed by atoms with Gasteiger partial charge in [-0.05, 0) is 0 Å². The normalized spacial score (nSPS) is 18.9. The Hall–Kier alpha value is -1.18. The summed E-state index contributed by atoms with van der Waals surface area (Å²) in [7, 11) is -0.674. The third kappa shape index (κ3) is 4.84. The molecule has 0 saturated carbocycles. The maximum atomic E-state index is 2.82. The minimum Gasteiger partial charge on any atom is -0.147 e. The van der Waals surface area contributed by atoms with Gasteiger partial charge < -0.3 is 0 Å². The summed E-state index contributed by atoms with van der Waals surface area (Å²) in [6, 6.07) is 27.9. The van der Waals surface area contributed by atoms with E-state index in [4.69, 9.17) is 0 Å². The van der Waals surface area contributed by atoms with Crippen LogP contribution in [0.2, 0.25) is 49.7 Å². The zero-order chi connectivity index (χ0) is 27.3. The van der Waals surface area contributed by atoms with Gasteiger partial charge in [0.25, 0.3) is 0 Å². The first-order valence-electron chi connectivity index (χ1n) is 14.2. The molecule has 2 aliphatic rings. The zero-order valence-corrected chi connectivity index (χ0v) is 31.9. The number of fused-ring (bicyclic) bond motifs is 6. The largest absolute Gasteiger partial charge is 0.147 e. The molecule has 6 heteroatoms. The van der Waals surface area contributed by atoms with Crippen LogP contribution in [-0.4, -0.2) is 23.8 Å². The van der Waals surface area contributed by atoms with E-state index in [-0.39, 0.29) is 24.8 Å². The number of benzene rings is 4. The molecule has 6 rings (SSSR count).